The molecule has 0 saturated heterocycles. The molecule has 1 amide bonds. The Morgan fingerprint density at radius 2 is 1.94 bits per heavy atom. The van der Waals surface area contributed by atoms with Crippen LogP contribution in [0.5, 0.6) is 5.75 Å². The highest BCUT2D eigenvalue weighted by Crippen LogP contribution is 2.26. The molecule has 10 heteroatoms. The first-order chi connectivity index (χ1) is 15.1. The SMILES string of the molecule is O=C(Nc1cccc(Cn2cccn2)c1)c1ccn(COc2ccccc2[N+](=O)[O-])n1. The molecule has 0 bridgehead atoms. The van der Waals surface area contributed by atoms with Crippen molar-refractivity contribution in [3.8, 4) is 5.75 Å². The molecule has 4 aromatic rings. The van der Waals surface area contributed by atoms with Crippen LogP contribution in [0.1, 0.15) is 16.1 Å². The van der Waals surface area contributed by atoms with Gasteiger partial charge in [-0.25, -0.2) is 4.68 Å². The number of nitro groups is 1. The molecule has 4 rings (SSSR count). The standard InChI is InChI=1S/C21H18N6O4/c28-21(23-17-6-3-5-16(13-17)14-25-11-4-10-22-25)18-9-12-26(24-18)15-31-20-8-2-1-7-19(20)27(29)30/h1-13H,14-15H2,(H,23,28). The van der Waals surface area contributed by atoms with Gasteiger partial charge in [-0.15, -0.1) is 0 Å². The van der Waals surface area contributed by atoms with Gasteiger partial charge in [-0.2, -0.15) is 10.2 Å². The van der Waals surface area contributed by atoms with Gasteiger partial charge in [-0.1, -0.05) is 24.3 Å². The number of para-hydroxylation sites is 2. The zero-order chi connectivity index (χ0) is 21.6. The highest BCUT2D eigenvalue weighted by molar-refractivity contribution is 6.02. The number of benzene rings is 2. The van der Waals surface area contributed by atoms with Crippen molar-refractivity contribution in [3.05, 3.63) is 101 Å². The molecule has 1 N–H and O–H groups in total. The molecule has 2 aromatic carbocycles. The minimum atomic E-state index is -0.516. The summed E-state index contributed by atoms with van der Waals surface area (Å²) < 4.78 is 8.66. The average molecular weight is 418 g/mol. The number of carbonyl (C=O) groups is 1. The van der Waals surface area contributed by atoms with E-state index in [9.17, 15) is 14.9 Å². The zero-order valence-corrected chi connectivity index (χ0v) is 16.3. The van der Waals surface area contributed by atoms with E-state index in [4.69, 9.17) is 4.74 Å². The Hall–Kier alpha value is -4.47. The van der Waals surface area contributed by atoms with E-state index in [0.717, 1.165) is 5.56 Å². The quantitative estimate of drug-likeness (QED) is 0.346. The van der Waals surface area contributed by atoms with Crippen molar-refractivity contribution >= 4 is 17.3 Å². The van der Waals surface area contributed by atoms with Gasteiger partial charge >= 0.3 is 5.69 Å². The van der Waals surface area contributed by atoms with Crippen LogP contribution in [-0.2, 0) is 13.3 Å². The molecule has 156 valence electrons. The van der Waals surface area contributed by atoms with Crippen LogP contribution in [0.4, 0.5) is 11.4 Å². The van der Waals surface area contributed by atoms with Crippen LogP contribution in [0.25, 0.3) is 0 Å². The van der Waals surface area contributed by atoms with Crippen molar-refractivity contribution < 1.29 is 14.5 Å². The lowest BCUT2D eigenvalue weighted by Crippen LogP contribution is -2.14. The summed E-state index contributed by atoms with van der Waals surface area (Å²) in [5.41, 5.74) is 1.69. The zero-order valence-electron chi connectivity index (χ0n) is 16.3. The van der Waals surface area contributed by atoms with Crippen LogP contribution in [-0.4, -0.2) is 30.4 Å². The second-order valence-electron chi connectivity index (χ2n) is 6.60. The molecule has 0 saturated carbocycles. The van der Waals surface area contributed by atoms with Gasteiger partial charge in [0.15, 0.2) is 18.2 Å². The summed E-state index contributed by atoms with van der Waals surface area (Å²) in [5, 5.41) is 22.2. The Kier molecular flexibility index (Phi) is 5.70. The predicted molar refractivity (Wildman–Crippen MR) is 112 cm³/mol. The summed E-state index contributed by atoms with van der Waals surface area (Å²) in [6.07, 6.45) is 5.14. The number of amides is 1. The van der Waals surface area contributed by atoms with E-state index >= 15 is 0 Å². The molecule has 2 aromatic heterocycles. The van der Waals surface area contributed by atoms with Gasteiger partial charge in [-0.05, 0) is 35.9 Å². The minimum absolute atomic E-state index is 0.0719. The fourth-order valence-electron chi connectivity index (χ4n) is 2.94. The van der Waals surface area contributed by atoms with Crippen LogP contribution >= 0.6 is 0 Å². The maximum absolute atomic E-state index is 12.5. The highest BCUT2D eigenvalue weighted by atomic mass is 16.6. The topological polar surface area (TPSA) is 117 Å². The number of nitrogens with zero attached hydrogens (tertiary/aromatic N) is 5. The summed E-state index contributed by atoms with van der Waals surface area (Å²) in [6, 6.07) is 16.9. The normalized spacial score (nSPS) is 10.6. The van der Waals surface area contributed by atoms with Gasteiger partial charge in [0, 0.05) is 30.3 Å². The Morgan fingerprint density at radius 1 is 1.06 bits per heavy atom. The van der Waals surface area contributed by atoms with Gasteiger partial charge in [-0.3, -0.25) is 19.6 Å². The summed E-state index contributed by atoms with van der Waals surface area (Å²) in [7, 11) is 0. The second kappa shape index (κ2) is 8.91. The van der Waals surface area contributed by atoms with Crippen molar-refractivity contribution in [1.82, 2.24) is 19.6 Å². The summed E-state index contributed by atoms with van der Waals surface area (Å²) in [6.45, 7) is 0.520. The molecular weight excluding hydrogens is 400 g/mol. The Morgan fingerprint density at radius 3 is 2.74 bits per heavy atom. The first kappa shape index (κ1) is 19.8. The van der Waals surface area contributed by atoms with E-state index in [0.29, 0.717) is 12.2 Å². The third kappa shape index (κ3) is 4.93. The Bertz CT molecular complexity index is 1200. The van der Waals surface area contributed by atoms with Crippen molar-refractivity contribution in [1.29, 1.82) is 0 Å². The lowest BCUT2D eigenvalue weighted by atomic mass is 10.2. The maximum Gasteiger partial charge on any atom is 0.311 e. The van der Waals surface area contributed by atoms with E-state index in [2.05, 4.69) is 15.5 Å². The van der Waals surface area contributed by atoms with Crippen LogP contribution in [0.2, 0.25) is 0 Å². The molecule has 0 atom stereocenters. The Balaban J connectivity index is 1.38. The van der Waals surface area contributed by atoms with E-state index in [-0.39, 0.29) is 29.8 Å². The molecule has 0 aliphatic rings. The number of aromatic nitrogens is 4. The second-order valence-corrected chi connectivity index (χ2v) is 6.60. The van der Waals surface area contributed by atoms with Crippen LogP contribution < -0.4 is 10.1 Å². The average Bonchev–Trinajstić information content (AvgIpc) is 3.45. The third-order valence-corrected chi connectivity index (χ3v) is 4.38. The van der Waals surface area contributed by atoms with Crippen LogP contribution in [0, 0.1) is 10.1 Å². The predicted octanol–water partition coefficient (Wildman–Crippen LogP) is 3.32. The molecule has 31 heavy (non-hydrogen) atoms. The third-order valence-electron chi connectivity index (χ3n) is 4.38. The number of carbonyl (C=O) groups excluding carboxylic acids is 1. The number of ether oxygens (including phenoxy) is 1. The molecule has 0 aliphatic heterocycles. The van der Waals surface area contributed by atoms with E-state index in [1.165, 1.54) is 16.8 Å². The molecule has 2 heterocycles. The van der Waals surface area contributed by atoms with Crippen molar-refractivity contribution in [2.45, 2.75) is 13.3 Å². The molecule has 0 unspecified atom stereocenters. The lowest BCUT2D eigenvalue weighted by Gasteiger charge is -2.07. The van der Waals surface area contributed by atoms with Gasteiger partial charge in [0.25, 0.3) is 5.91 Å². The van der Waals surface area contributed by atoms with Crippen molar-refractivity contribution in [2.75, 3.05) is 5.32 Å². The molecule has 0 radical (unpaired) electrons. The largest absolute Gasteiger partial charge is 0.464 e. The lowest BCUT2D eigenvalue weighted by molar-refractivity contribution is -0.386. The number of hydrogen-bond donors (Lipinski definition) is 1. The van der Waals surface area contributed by atoms with Crippen LogP contribution in [0.15, 0.2) is 79.3 Å². The van der Waals surface area contributed by atoms with Crippen molar-refractivity contribution in [3.63, 3.8) is 0 Å². The van der Waals surface area contributed by atoms with E-state index in [1.807, 2.05) is 30.5 Å². The van der Waals surface area contributed by atoms with Gasteiger partial charge in [0.1, 0.15) is 0 Å². The summed E-state index contributed by atoms with van der Waals surface area (Å²) >= 11 is 0. The fraction of sp³-hybridized carbons (Fsp3) is 0.0952. The van der Waals surface area contributed by atoms with Crippen molar-refractivity contribution in [2.24, 2.45) is 0 Å². The summed E-state index contributed by atoms with van der Waals surface area (Å²) in [5.74, 6) is -0.247. The number of nitrogens with one attached hydrogen (secondary N) is 1. The van der Waals surface area contributed by atoms with Gasteiger partial charge in [0.2, 0.25) is 0 Å². The Labute approximate surface area is 176 Å². The number of nitro benzene ring substituents is 1. The number of anilines is 1. The molecule has 0 fully saturated rings. The fourth-order valence-corrected chi connectivity index (χ4v) is 2.94. The van der Waals surface area contributed by atoms with Gasteiger partial charge in [0.05, 0.1) is 11.5 Å². The molecular formula is C21H18N6O4. The maximum atomic E-state index is 12.5. The van der Waals surface area contributed by atoms with E-state index < -0.39 is 4.92 Å². The minimum Gasteiger partial charge on any atom is -0.464 e. The van der Waals surface area contributed by atoms with Crippen LogP contribution in [0.3, 0.4) is 0 Å². The summed E-state index contributed by atoms with van der Waals surface area (Å²) in [4.78, 5) is 23.1. The molecule has 0 aliphatic carbocycles. The van der Waals surface area contributed by atoms with E-state index in [1.54, 1.807) is 41.3 Å². The number of hydrogen-bond acceptors (Lipinski definition) is 6. The highest BCUT2D eigenvalue weighted by Gasteiger charge is 2.15. The monoisotopic (exact) mass is 418 g/mol. The first-order valence-electron chi connectivity index (χ1n) is 9.36. The molecule has 0 spiro atoms. The smallest absolute Gasteiger partial charge is 0.311 e. The first-order valence-corrected chi connectivity index (χ1v) is 9.36. The number of rotatable bonds is 8. The van der Waals surface area contributed by atoms with Gasteiger partial charge < -0.3 is 10.1 Å². The molecule has 10 nitrogen and oxygen atoms in total.